The third-order valence-corrected chi connectivity index (χ3v) is 3.27. The molecule has 5 nitrogen and oxygen atoms in total. The maximum Gasteiger partial charge on any atom is 0.273 e. The van der Waals surface area contributed by atoms with Crippen LogP contribution in [0.4, 0.5) is 5.69 Å². The highest BCUT2D eigenvalue weighted by atomic mass is 16.5. The normalized spacial score (nSPS) is 12.2. The number of nitrogens with zero attached hydrogens (tertiary/aromatic N) is 1. The summed E-state index contributed by atoms with van der Waals surface area (Å²) in [5, 5.41) is 10.0. The smallest absolute Gasteiger partial charge is 0.273 e. The van der Waals surface area contributed by atoms with E-state index < -0.39 is 0 Å². The Morgan fingerprint density at radius 2 is 2.00 bits per heavy atom. The van der Waals surface area contributed by atoms with Crippen LogP contribution in [0.5, 0.6) is 0 Å². The molecule has 1 atom stereocenters. The molecule has 1 heterocycles. The van der Waals surface area contributed by atoms with Gasteiger partial charge in [-0.25, -0.2) is 0 Å². The van der Waals surface area contributed by atoms with Crippen molar-refractivity contribution in [2.75, 3.05) is 11.9 Å². The molecule has 0 fully saturated rings. The van der Waals surface area contributed by atoms with Crippen molar-refractivity contribution in [3.8, 4) is 0 Å². The van der Waals surface area contributed by atoms with Crippen molar-refractivity contribution in [2.45, 2.75) is 26.8 Å². The fourth-order valence-electron chi connectivity index (χ4n) is 1.97. The Bertz CT molecular complexity index is 578. The Hall–Kier alpha value is -2.30. The highest BCUT2D eigenvalue weighted by Gasteiger charge is 2.16. The summed E-state index contributed by atoms with van der Waals surface area (Å²) in [7, 11) is 0. The van der Waals surface area contributed by atoms with Gasteiger partial charge in [0.1, 0.15) is 5.76 Å². The van der Waals surface area contributed by atoms with Crippen LogP contribution in [-0.2, 0) is 0 Å². The largest absolute Gasteiger partial charge is 0.380 e. The fraction of sp³-hybridized carbons (Fsp3) is 0.375. The lowest BCUT2D eigenvalue weighted by Crippen LogP contribution is -2.39. The fourth-order valence-corrected chi connectivity index (χ4v) is 1.97. The third kappa shape index (κ3) is 4.34. The van der Waals surface area contributed by atoms with Gasteiger partial charge in [-0.05, 0) is 25.0 Å². The van der Waals surface area contributed by atoms with Gasteiger partial charge in [-0.15, -0.1) is 0 Å². The van der Waals surface area contributed by atoms with Crippen molar-refractivity contribution in [2.24, 2.45) is 5.92 Å². The summed E-state index contributed by atoms with van der Waals surface area (Å²) in [6, 6.07) is 11.7. The lowest BCUT2D eigenvalue weighted by molar-refractivity contribution is 0.0941. The van der Waals surface area contributed by atoms with Crippen molar-refractivity contribution in [1.29, 1.82) is 0 Å². The number of carbonyl (C=O) groups excluding carboxylic acids is 1. The topological polar surface area (TPSA) is 67.2 Å². The number of benzene rings is 1. The van der Waals surface area contributed by atoms with E-state index in [1.807, 2.05) is 30.3 Å². The number of para-hydroxylation sites is 1. The molecule has 21 heavy (non-hydrogen) atoms. The van der Waals surface area contributed by atoms with Gasteiger partial charge < -0.3 is 15.2 Å². The summed E-state index contributed by atoms with van der Waals surface area (Å²) in [4.78, 5) is 12.0. The van der Waals surface area contributed by atoms with Crippen LogP contribution in [-0.4, -0.2) is 23.7 Å². The molecular formula is C16H21N3O2. The molecule has 0 saturated carbocycles. The van der Waals surface area contributed by atoms with Crippen LogP contribution in [0.3, 0.4) is 0 Å². The first-order valence-electron chi connectivity index (χ1n) is 7.09. The summed E-state index contributed by atoms with van der Waals surface area (Å²) < 4.78 is 4.91. The Morgan fingerprint density at radius 3 is 2.57 bits per heavy atom. The summed E-state index contributed by atoms with van der Waals surface area (Å²) in [6.07, 6.45) is 0. The molecule has 0 aliphatic heterocycles. The summed E-state index contributed by atoms with van der Waals surface area (Å²) >= 11 is 0. The quantitative estimate of drug-likeness (QED) is 0.857. The molecule has 0 spiro atoms. The highest BCUT2D eigenvalue weighted by Crippen LogP contribution is 2.12. The zero-order valence-corrected chi connectivity index (χ0v) is 12.6. The Kier molecular flexibility index (Phi) is 4.98. The van der Waals surface area contributed by atoms with Gasteiger partial charge in [-0.3, -0.25) is 4.79 Å². The number of amides is 1. The molecule has 5 heteroatoms. The predicted molar refractivity (Wildman–Crippen MR) is 82.3 cm³/mol. The standard InChI is InChI=1S/C16H21N3O2/c1-11(2)15(18-13-7-5-4-6-8-13)10-17-16(20)14-9-12(3)21-19-14/h4-9,11,15,18H,10H2,1-3H3,(H,17,20)/t15-/m0/s1. The Morgan fingerprint density at radius 1 is 1.29 bits per heavy atom. The van der Waals surface area contributed by atoms with Crippen molar-refractivity contribution < 1.29 is 9.32 Å². The third-order valence-electron chi connectivity index (χ3n) is 3.27. The number of hydrogen-bond acceptors (Lipinski definition) is 4. The van der Waals surface area contributed by atoms with E-state index in [0.29, 0.717) is 23.9 Å². The van der Waals surface area contributed by atoms with Gasteiger partial charge in [0.05, 0.1) is 0 Å². The van der Waals surface area contributed by atoms with E-state index in [9.17, 15) is 4.79 Å². The lowest BCUT2D eigenvalue weighted by Gasteiger charge is -2.23. The second kappa shape index (κ2) is 6.92. The molecule has 0 bridgehead atoms. The van der Waals surface area contributed by atoms with Crippen molar-refractivity contribution in [3.63, 3.8) is 0 Å². The van der Waals surface area contributed by atoms with E-state index in [0.717, 1.165) is 5.69 Å². The number of hydrogen-bond donors (Lipinski definition) is 2. The summed E-state index contributed by atoms with van der Waals surface area (Å²) in [5.74, 6) is 0.792. The molecule has 1 aromatic carbocycles. The Balaban J connectivity index is 1.93. The minimum absolute atomic E-state index is 0.143. The van der Waals surface area contributed by atoms with Gasteiger partial charge >= 0.3 is 0 Å². The van der Waals surface area contributed by atoms with E-state index in [1.54, 1.807) is 13.0 Å². The molecule has 0 unspecified atom stereocenters. The lowest BCUT2D eigenvalue weighted by atomic mass is 10.0. The minimum Gasteiger partial charge on any atom is -0.380 e. The number of aromatic nitrogens is 1. The molecule has 2 rings (SSSR count). The molecule has 112 valence electrons. The van der Waals surface area contributed by atoms with Crippen LogP contribution in [0.25, 0.3) is 0 Å². The monoisotopic (exact) mass is 287 g/mol. The summed E-state index contributed by atoms with van der Waals surface area (Å²) in [5.41, 5.74) is 1.36. The van der Waals surface area contributed by atoms with Crippen LogP contribution in [0, 0.1) is 12.8 Å². The van der Waals surface area contributed by atoms with E-state index >= 15 is 0 Å². The summed E-state index contributed by atoms with van der Waals surface area (Å²) in [6.45, 7) is 6.52. The average Bonchev–Trinajstić information content (AvgIpc) is 2.90. The second-order valence-electron chi connectivity index (χ2n) is 5.39. The SMILES string of the molecule is Cc1cc(C(=O)NC[C@H](Nc2ccccc2)C(C)C)no1. The van der Waals surface area contributed by atoms with Crippen molar-refractivity contribution in [3.05, 3.63) is 47.9 Å². The number of rotatable bonds is 6. The average molecular weight is 287 g/mol. The van der Waals surface area contributed by atoms with Gasteiger partial charge in [-0.2, -0.15) is 0 Å². The zero-order valence-electron chi connectivity index (χ0n) is 12.6. The number of carbonyl (C=O) groups is 1. The van der Waals surface area contributed by atoms with Gasteiger partial charge in [0.15, 0.2) is 5.69 Å². The second-order valence-corrected chi connectivity index (χ2v) is 5.39. The number of aryl methyl sites for hydroxylation is 1. The first-order valence-corrected chi connectivity index (χ1v) is 7.09. The molecule has 0 radical (unpaired) electrons. The van der Waals surface area contributed by atoms with Crippen molar-refractivity contribution in [1.82, 2.24) is 10.5 Å². The maximum absolute atomic E-state index is 12.0. The first kappa shape index (κ1) is 15.1. The highest BCUT2D eigenvalue weighted by molar-refractivity contribution is 5.92. The van der Waals surface area contributed by atoms with E-state index in [4.69, 9.17) is 4.52 Å². The van der Waals surface area contributed by atoms with Gasteiger partial charge in [0.2, 0.25) is 0 Å². The van der Waals surface area contributed by atoms with Crippen LogP contribution in [0.1, 0.15) is 30.1 Å². The molecule has 1 amide bonds. The first-order chi connectivity index (χ1) is 10.1. The molecule has 1 aromatic heterocycles. The molecule has 2 aromatic rings. The van der Waals surface area contributed by atoms with Crippen LogP contribution < -0.4 is 10.6 Å². The molecule has 0 saturated heterocycles. The predicted octanol–water partition coefficient (Wildman–Crippen LogP) is 2.85. The van der Waals surface area contributed by atoms with Crippen LogP contribution in [0.2, 0.25) is 0 Å². The van der Waals surface area contributed by atoms with Gasteiger partial charge in [-0.1, -0.05) is 37.2 Å². The Labute approximate surface area is 124 Å². The molecule has 0 aliphatic rings. The maximum atomic E-state index is 12.0. The van der Waals surface area contributed by atoms with Gasteiger partial charge in [0.25, 0.3) is 5.91 Å². The molecule has 0 aliphatic carbocycles. The molecular weight excluding hydrogens is 266 g/mol. The zero-order chi connectivity index (χ0) is 15.2. The number of nitrogens with one attached hydrogen (secondary N) is 2. The van der Waals surface area contributed by atoms with Crippen LogP contribution in [0.15, 0.2) is 40.9 Å². The van der Waals surface area contributed by atoms with Crippen LogP contribution >= 0.6 is 0 Å². The van der Waals surface area contributed by atoms with Crippen molar-refractivity contribution >= 4 is 11.6 Å². The van der Waals surface area contributed by atoms with E-state index in [-0.39, 0.29) is 11.9 Å². The molecule has 2 N–H and O–H groups in total. The van der Waals surface area contributed by atoms with E-state index in [2.05, 4.69) is 29.6 Å². The number of anilines is 1. The van der Waals surface area contributed by atoms with E-state index in [1.165, 1.54) is 0 Å². The minimum atomic E-state index is -0.215. The van der Waals surface area contributed by atoms with Gasteiger partial charge in [0, 0.05) is 24.3 Å².